The zero-order valence-corrected chi connectivity index (χ0v) is 23.5. The Morgan fingerprint density at radius 2 is 2.00 bits per heavy atom. The van der Waals surface area contributed by atoms with Crippen molar-refractivity contribution >= 4 is 26.4 Å². The number of aromatic nitrogens is 5. The van der Waals surface area contributed by atoms with Crippen molar-refractivity contribution in [2.45, 2.75) is 32.9 Å². The smallest absolute Gasteiger partial charge is 0.217 e. The molecule has 11 nitrogen and oxygen atoms in total. The van der Waals surface area contributed by atoms with Gasteiger partial charge in [0.25, 0.3) is 0 Å². The van der Waals surface area contributed by atoms with Crippen LogP contribution in [-0.4, -0.2) is 77.5 Å². The lowest BCUT2D eigenvalue weighted by molar-refractivity contribution is 0.284. The van der Waals surface area contributed by atoms with Crippen LogP contribution in [0.5, 0.6) is 11.6 Å². The van der Waals surface area contributed by atoms with E-state index in [-0.39, 0.29) is 23.8 Å². The van der Waals surface area contributed by atoms with Crippen LogP contribution in [-0.2, 0) is 9.84 Å². The second kappa shape index (κ2) is 10.4. The maximum atomic E-state index is 11.9. The Hall–Kier alpha value is -3.77. The summed E-state index contributed by atoms with van der Waals surface area (Å²) >= 11 is 0. The zero-order valence-electron chi connectivity index (χ0n) is 22.7. The molecule has 0 bridgehead atoms. The van der Waals surface area contributed by atoms with Gasteiger partial charge in [0.15, 0.2) is 5.82 Å². The van der Waals surface area contributed by atoms with Crippen molar-refractivity contribution < 1.29 is 17.9 Å². The van der Waals surface area contributed by atoms with Crippen LogP contribution >= 0.6 is 0 Å². The normalized spacial score (nSPS) is 18.2. The van der Waals surface area contributed by atoms with Gasteiger partial charge in [-0.3, -0.25) is 9.97 Å². The van der Waals surface area contributed by atoms with E-state index < -0.39 is 9.84 Å². The Morgan fingerprint density at radius 1 is 1.21 bits per heavy atom. The van der Waals surface area contributed by atoms with E-state index >= 15 is 0 Å². The first kappa shape index (κ1) is 26.8. The number of hydrogen-bond donors (Lipinski definition) is 1. The molecule has 0 aromatic carbocycles. The number of nitrogens with two attached hydrogens (primary N) is 1. The highest BCUT2D eigenvalue weighted by Gasteiger charge is 2.38. The first-order valence-corrected chi connectivity index (χ1v) is 14.8. The minimum absolute atomic E-state index is 0.0433. The summed E-state index contributed by atoms with van der Waals surface area (Å²) in [6.45, 7) is 6.76. The van der Waals surface area contributed by atoms with Crippen molar-refractivity contribution in [2.24, 2.45) is 11.7 Å². The van der Waals surface area contributed by atoms with Crippen LogP contribution in [0.15, 0.2) is 42.9 Å². The standard InChI is InChI=1S/C27H33N7O4S/c1-16(28)14-38-27-9-20(33-13-19(18(33)3)15-39(5,35)36)8-26(32-27)34-24-10-23(31-17(2)21(24)12-30-34)22-11-29-7-6-25(22)37-4/h6-12,16,18-19H,13-15,28H2,1-5H3/t16-,18+,19+/m0/s1. The van der Waals surface area contributed by atoms with Crippen molar-refractivity contribution in [3.8, 4) is 28.7 Å². The molecule has 0 unspecified atom stereocenters. The molecule has 1 aliphatic rings. The fourth-order valence-electron chi connectivity index (χ4n) is 4.90. The third-order valence-corrected chi connectivity index (χ3v) is 8.01. The molecule has 3 atom stereocenters. The van der Waals surface area contributed by atoms with Gasteiger partial charge in [-0.05, 0) is 32.9 Å². The quantitative estimate of drug-likeness (QED) is 0.330. The highest BCUT2D eigenvalue weighted by Crippen LogP contribution is 2.36. The Kier molecular flexibility index (Phi) is 7.17. The summed E-state index contributed by atoms with van der Waals surface area (Å²) < 4.78 is 37.0. The third-order valence-electron chi connectivity index (χ3n) is 6.97. The lowest BCUT2D eigenvalue weighted by Crippen LogP contribution is -2.57. The predicted molar refractivity (Wildman–Crippen MR) is 150 cm³/mol. The van der Waals surface area contributed by atoms with E-state index in [1.165, 1.54) is 6.26 Å². The summed E-state index contributed by atoms with van der Waals surface area (Å²) in [5, 5.41) is 5.54. The summed E-state index contributed by atoms with van der Waals surface area (Å²) in [6.07, 6.45) is 6.45. The summed E-state index contributed by atoms with van der Waals surface area (Å²) in [4.78, 5) is 15.9. The number of pyridine rings is 3. The minimum atomic E-state index is -3.06. The fraction of sp³-hybridized carbons (Fsp3) is 0.407. The van der Waals surface area contributed by atoms with E-state index in [0.29, 0.717) is 36.3 Å². The maximum Gasteiger partial charge on any atom is 0.217 e. The number of hydrogen-bond acceptors (Lipinski definition) is 10. The summed E-state index contributed by atoms with van der Waals surface area (Å²) in [6, 6.07) is 7.42. The monoisotopic (exact) mass is 551 g/mol. The van der Waals surface area contributed by atoms with Crippen LogP contribution in [0.3, 0.4) is 0 Å². The Bertz CT molecular complexity index is 1620. The molecule has 1 aliphatic heterocycles. The van der Waals surface area contributed by atoms with Gasteiger partial charge < -0.3 is 20.1 Å². The van der Waals surface area contributed by atoms with E-state index in [0.717, 1.165) is 27.8 Å². The fourth-order valence-corrected chi connectivity index (χ4v) is 6.06. The molecule has 206 valence electrons. The molecule has 39 heavy (non-hydrogen) atoms. The first-order valence-electron chi connectivity index (χ1n) is 12.7. The van der Waals surface area contributed by atoms with Gasteiger partial charge in [-0.15, -0.1) is 0 Å². The first-order chi connectivity index (χ1) is 18.5. The topological polar surface area (TPSA) is 138 Å². The van der Waals surface area contributed by atoms with Crippen molar-refractivity contribution in [1.82, 2.24) is 24.7 Å². The van der Waals surface area contributed by atoms with Crippen LogP contribution in [0.2, 0.25) is 0 Å². The number of rotatable bonds is 9. The van der Waals surface area contributed by atoms with Crippen LogP contribution in [0.4, 0.5) is 5.69 Å². The molecule has 12 heteroatoms. The number of anilines is 1. The van der Waals surface area contributed by atoms with Gasteiger partial charge in [0, 0.05) is 72.1 Å². The van der Waals surface area contributed by atoms with Crippen molar-refractivity contribution in [3.05, 3.63) is 48.5 Å². The van der Waals surface area contributed by atoms with E-state index in [1.54, 1.807) is 36.4 Å². The average molecular weight is 552 g/mol. The molecule has 0 radical (unpaired) electrons. The number of fused-ring (bicyclic) bond motifs is 1. The van der Waals surface area contributed by atoms with E-state index in [9.17, 15) is 8.42 Å². The average Bonchev–Trinajstić information content (AvgIpc) is 3.33. The number of ether oxygens (including phenoxy) is 2. The molecule has 5 heterocycles. The van der Waals surface area contributed by atoms with Crippen LogP contribution in [0.1, 0.15) is 19.5 Å². The predicted octanol–water partition coefficient (Wildman–Crippen LogP) is 2.79. The second-order valence-corrected chi connectivity index (χ2v) is 12.4. The van der Waals surface area contributed by atoms with Gasteiger partial charge in [-0.2, -0.15) is 10.1 Å². The number of nitrogens with zero attached hydrogens (tertiary/aromatic N) is 6. The maximum absolute atomic E-state index is 11.9. The number of methoxy groups -OCH3 is 1. The van der Waals surface area contributed by atoms with E-state index in [1.807, 2.05) is 39.0 Å². The van der Waals surface area contributed by atoms with Gasteiger partial charge in [0.1, 0.15) is 22.2 Å². The lowest BCUT2D eigenvalue weighted by Gasteiger charge is -2.48. The molecular weight excluding hydrogens is 518 g/mol. The van der Waals surface area contributed by atoms with Crippen LogP contribution < -0.4 is 20.1 Å². The van der Waals surface area contributed by atoms with Crippen molar-refractivity contribution in [1.29, 1.82) is 0 Å². The molecule has 2 N–H and O–H groups in total. The molecule has 4 aromatic rings. The summed E-state index contributed by atoms with van der Waals surface area (Å²) in [5.74, 6) is 1.87. The molecule has 0 aliphatic carbocycles. The third kappa shape index (κ3) is 5.52. The van der Waals surface area contributed by atoms with Crippen molar-refractivity contribution in [3.63, 3.8) is 0 Å². The SMILES string of the molecule is COc1ccncc1-c1cc2c(cnn2-c2cc(N3C[C@H](CS(C)(=O)=O)[C@H]3C)cc(OC[C@H](C)N)n2)c(C)n1. The Balaban J connectivity index is 1.58. The highest BCUT2D eigenvalue weighted by molar-refractivity contribution is 7.90. The van der Waals surface area contributed by atoms with Gasteiger partial charge in [-0.25, -0.2) is 13.1 Å². The van der Waals surface area contributed by atoms with E-state index in [2.05, 4.69) is 15.0 Å². The molecule has 5 rings (SSSR count). The lowest BCUT2D eigenvalue weighted by atomic mass is 9.91. The van der Waals surface area contributed by atoms with E-state index in [4.69, 9.17) is 25.2 Å². The molecule has 0 saturated carbocycles. The molecule has 0 spiro atoms. The summed E-state index contributed by atoms with van der Waals surface area (Å²) in [5.41, 5.74) is 9.91. The zero-order chi connectivity index (χ0) is 27.9. The minimum Gasteiger partial charge on any atom is -0.496 e. The summed E-state index contributed by atoms with van der Waals surface area (Å²) in [7, 11) is -1.45. The van der Waals surface area contributed by atoms with Gasteiger partial charge >= 0.3 is 0 Å². The van der Waals surface area contributed by atoms with Crippen LogP contribution in [0.25, 0.3) is 28.0 Å². The van der Waals surface area contributed by atoms with Crippen LogP contribution in [0, 0.1) is 12.8 Å². The van der Waals surface area contributed by atoms with Gasteiger partial charge in [0.05, 0.1) is 35.8 Å². The molecule has 1 saturated heterocycles. The Labute approximate surface area is 227 Å². The largest absolute Gasteiger partial charge is 0.496 e. The molecule has 1 fully saturated rings. The molecule has 0 amide bonds. The molecule has 4 aromatic heterocycles. The number of sulfone groups is 1. The Morgan fingerprint density at radius 3 is 2.69 bits per heavy atom. The molecular formula is C27H33N7O4S. The van der Waals surface area contributed by atoms with Gasteiger partial charge in [0.2, 0.25) is 5.88 Å². The highest BCUT2D eigenvalue weighted by atomic mass is 32.2. The second-order valence-electron chi connectivity index (χ2n) is 10.2. The van der Waals surface area contributed by atoms with Gasteiger partial charge in [-0.1, -0.05) is 0 Å². The number of aryl methyl sites for hydroxylation is 1. The van der Waals surface area contributed by atoms with Crippen molar-refractivity contribution in [2.75, 3.05) is 37.2 Å².